The minimum atomic E-state index is -0.0373. The number of carbonyl (C=O) groups excluding carboxylic acids is 1. The maximum atomic E-state index is 11.7. The minimum Gasteiger partial charge on any atom is -0.462 e. The van der Waals surface area contributed by atoms with E-state index in [1.165, 1.54) is 12.8 Å². The number of hydrogen-bond donors (Lipinski definition) is 0. The largest absolute Gasteiger partial charge is 0.462 e. The third kappa shape index (κ3) is 3.50. The molecule has 3 atom stereocenters. The summed E-state index contributed by atoms with van der Waals surface area (Å²) in [6, 6.07) is 0. The molecule has 0 aromatic carbocycles. The van der Waals surface area contributed by atoms with Crippen molar-refractivity contribution in [3.63, 3.8) is 0 Å². The van der Waals surface area contributed by atoms with E-state index in [0.29, 0.717) is 17.8 Å². The third-order valence-electron chi connectivity index (χ3n) is 3.70. The van der Waals surface area contributed by atoms with Crippen molar-refractivity contribution in [2.45, 2.75) is 60.0 Å². The molecule has 0 saturated heterocycles. The summed E-state index contributed by atoms with van der Waals surface area (Å²) in [6.45, 7) is 10.5. The molecule has 2 nitrogen and oxygen atoms in total. The molecule has 0 aliphatic heterocycles. The highest BCUT2D eigenvalue weighted by atomic mass is 16.5. The summed E-state index contributed by atoms with van der Waals surface area (Å²) in [6.07, 6.45) is 3.67. The monoisotopic (exact) mass is 226 g/mol. The van der Waals surface area contributed by atoms with E-state index in [2.05, 4.69) is 20.8 Å². The first-order chi connectivity index (χ1) is 7.41. The fourth-order valence-electron chi connectivity index (χ4n) is 2.54. The standard InChI is InChI=1S/C14H26O2/c1-9(2)12-7-6-11(5)8-13(12)16-14(15)10(3)4/h9-13H,6-8H2,1-5H3/t11-,12?,13-/m1/s1. The smallest absolute Gasteiger partial charge is 0.308 e. The van der Waals surface area contributed by atoms with Crippen molar-refractivity contribution in [2.24, 2.45) is 23.7 Å². The Morgan fingerprint density at radius 2 is 1.81 bits per heavy atom. The van der Waals surface area contributed by atoms with E-state index in [-0.39, 0.29) is 18.0 Å². The number of hydrogen-bond acceptors (Lipinski definition) is 2. The Balaban J connectivity index is 2.61. The second kappa shape index (κ2) is 5.70. The van der Waals surface area contributed by atoms with Gasteiger partial charge < -0.3 is 4.74 Å². The SMILES string of the molecule is CC(C)C(=O)O[C@@H]1C[C@H](C)CCC1C(C)C. The van der Waals surface area contributed by atoms with Crippen molar-refractivity contribution in [1.82, 2.24) is 0 Å². The summed E-state index contributed by atoms with van der Waals surface area (Å²) >= 11 is 0. The van der Waals surface area contributed by atoms with E-state index in [1.807, 2.05) is 13.8 Å². The molecular formula is C14H26O2. The number of rotatable bonds is 3. The molecule has 0 N–H and O–H groups in total. The number of esters is 1. The molecule has 1 aliphatic carbocycles. The average molecular weight is 226 g/mol. The lowest BCUT2D eigenvalue weighted by molar-refractivity contribution is -0.159. The van der Waals surface area contributed by atoms with Gasteiger partial charge in [-0.1, -0.05) is 41.0 Å². The van der Waals surface area contributed by atoms with Gasteiger partial charge in [0.25, 0.3) is 0 Å². The van der Waals surface area contributed by atoms with Gasteiger partial charge in [-0.2, -0.15) is 0 Å². The summed E-state index contributed by atoms with van der Waals surface area (Å²) in [4.78, 5) is 11.7. The van der Waals surface area contributed by atoms with Gasteiger partial charge >= 0.3 is 5.97 Å². The highest BCUT2D eigenvalue weighted by Gasteiger charge is 2.33. The normalized spacial score (nSPS) is 30.8. The molecule has 16 heavy (non-hydrogen) atoms. The quantitative estimate of drug-likeness (QED) is 0.687. The van der Waals surface area contributed by atoms with E-state index in [9.17, 15) is 4.79 Å². The molecular weight excluding hydrogens is 200 g/mol. The number of ether oxygens (including phenoxy) is 1. The van der Waals surface area contributed by atoms with E-state index >= 15 is 0 Å². The molecule has 94 valence electrons. The van der Waals surface area contributed by atoms with Crippen molar-refractivity contribution in [2.75, 3.05) is 0 Å². The fourth-order valence-corrected chi connectivity index (χ4v) is 2.54. The first-order valence-corrected chi connectivity index (χ1v) is 6.62. The van der Waals surface area contributed by atoms with E-state index < -0.39 is 0 Å². The van der Waals surface area contributed by atoms with Gasteiger partial charge in [-0.3, -0.25) is 4.79 Å². The first kappa shape index (κ1) is 13.5. The van der Waals surface area contributed by atoms with Crippen molar-refractivity contribution in [3.8, 4) is 0 Å². The summed E-state index contributed by atoms with van der Waals surface area (Å²) in [5.41, 5.74) is 0. The lowest BCUT2D eigenvalue weighted by Crippen LogP contribution is -2.36. The molecule has 1 saturated carbocycles. The first-order valence-electron chi connectivity index (χ1n) is 6.62. The van der Waals surface area contributed by atoms with E-state index in [4.69, 9.17) is 4.74 Å². The highest BCUT2D eigenvalue weighted by molar-refractivity contribution is 5.71. The maximum absolute atomic E-state index is 11.7. The zero-order valence-corrected chi connectivity index (χ0v) is 11.3. The lowest BCUT2D eigenvalue weighted by atomic mass is 9.75. The van der Waals surface area contributed by atoms with Crippen LogP contribution < -0.4 is 0 Å². The molecule has 1 unspecified atom stereocenters. The van der Waals surface area contributed by atoms with Crippen LogP contribution in [0.1, 0.15) is 53.9 Å². The Morgan fingerprint density at radius 1 is 1.19 bits per heavy atom. The Morgan fingerprint density at radius 3 is 2.31 bits per heavy atom. The van der Waals surface area contributed by atoms with Crippen molar-refractivity contribution in [3.05, 3.63) is 0 Å². The molecule has 1 aliphatic rings. The van der Waals surface area contributed by atoms with Crippen LogP contribution in [0.5, 0.6) is 0 Å². The van der Waals surface area contributed by atoms with Gasteiger partial charge in [0.2, 0.25) is 0 Å². The van der Waals surface area contributed by atoms with Crippen LogP contribution >= 0.6 is 0 Å². The van der Waals surface area contributed by atoms with Crippen molar-refractivity contribution < 1.29 is 9.53 Å². The Labute approximate surface area is 99.8 Å². The number of carbonyl (C=O) groups is 1. The third-order valence-corrected chi connectivity index (χ3v) is 3.70. The molecule has 0 aromatic rings. The van der Waals surface area contributed by atoms with Gasteiger partial charge in [0.05, 0.1) is 5.92 Å². The predicted octanol–water partition coefficient (Wildman–Crippen LogP) is 3.65. The molecule has 2 heteroatoms. The van der Waals surface area contributed by atoms with Crippen LogP contribution in [0.2, 0.25) is 0 Å². The Hall–Kier alpha value is -0.530. The van der Waals surface area contributed by atoms with E-state index in [1.54, 1.807) is 0 Å². The Bertz CT molecular complexity index is 233. The van der Waals surface area contributed by atoms with Crippen LogP contribution in [-0.2, 0) is 9.53 Å². The summed E-state index contributed by atoms with van der Waals surface area (Å²) in [5, 5.41) is 0. The topological polar surface area (TPSA) is 26.3 Å². The minimum absolute atomic E-state index is 0.00922. The molecule has 1 fully saturated rings. The van der Waals surface area contributed by atoms with Crippen LogP contribution in [0, 0.1) is 23.7 Å². The molecule has 0 radical (unpaired) electrons. The zero-order chi connectivity index (χ0) is 12.3. The lowest BCUT2D eigenvalue weighted by Gasteiger charge is -2.37. The zero-order valence-electron chi connectivity index (χ0n) is 11.3. The molecule has 1 rings (SSSR count). The second-order valence-corrected chi connectivity index (χ2v) is 5.96. The maximum Gasteiger partial charge on any atom is 0.308 e. The highest BCUT2D eigenvalue weighted by Crippen LogP contribution is 2.35. The molecule has 0 spiro atoms. The molecule has 0 amide bonds. The van der Waals surface area contributed by atoms with Crippen LogP contribution in [0.25, 0.3) is 0 Å². The van der Waals surface area contributed by atoms with Crippen LogP contribution in [-0.4, -0.2) is 12.1 Å². The van der Waals surface area contributed by atoms with Gasteiger partial charge in [0, 0.05) is 0 Å². The van der Waals surface area contributed by atoms with Crippen molar-refractivity contribution in [1.29, 1.82) is 0 Å². The van der Waals surface area contributed by atoms with Crippen LogP contribution in [0.3, 0.4) is 0 Å². The Kier molecular flexibility index (Phi) is 4.82. The van der Waals surface area contributed by atoms with E-state index in [0.717, 1.165) is 6.42 Å². The molecule has 0 bridgehead atoms. The van der Waals surface area contributed by atoms with Crippen LogP contribution in [0.4, 0.5) is 0 Å². The van der Waals surface area contributed by atoms with Gasteiger partial charge in [-0.25, -0.2) is 0 Å². The van der Waals surface area contributed by atoms with Gasteiger partial charge in [0.15, 0.2) is 0 Å². The van der Waals surface area contributed by atoms with Gasteiger partial charge in [0.1, 0.15) is 6.10 Å². The predicted molar refractivity (Wildman–Crippen MR) is 66.1 cm³/mol. The van der Waals surface area contributed by atoms with Crippen LogP contribution in [0.15, 0.2) is 0 Å². The second-order valence-electron chi connectivity index (χ2n) is 5.96. The molecule has 0 heterocycles. The average Bonchev–Trinajstić information content (AvgIpc) is 2.16. The van der Waals surface area contributed by atoms with Gasteiger partial charge in [-0.15, -0.1) is 0 Å². The summed E-state index contributed by atoms with van der Waals surface area (Å²) < 4.78 is 5.66. The molecule has 0 aromatic heterocycles. The van der Waals surface area contributed by atoms with Crippen molar-refractivity contribution >= 4 is 5.97 Å². The fraction of sp³-hybridized carbons (Fsp3) is 0.929. The summed E-state index contributed by atoms with van der Waals surface area (Å²) in [5.74, 6) is 1.81. The van der Waals surface area contributed by atoms with Gasteiger partial charge in [-0.05, 0) is 30.6 Å². The summed E-state index contributed by atoms with van der Waals surface area (Å²) in [7, 11) is 0.